The Morgan fingerprint density at radius 2 is 1.65 bits per heavy atom. The summed E-state index contributed by atoms with van der Waals surface area (Å²) in [6, 6.07) is 12.9. The molecule has 1 saturated heterocycles. The minimum atomic E-state index is -0.443. The van der Waals surface area contributed by atoms with E-state index in [1.165, 1.54) is 0 Å². The van der Waals surface area contributed by atoms with E-state index in [4.69, 9.17) is 0 Å². The molecule has 5 heteroatoms. The topological polar surface area (TPSA) is 61.4 Å². The number of hydrogen-bond donors (Lipinski definition) is 2. The predicted molar refractivity (Wildman–Crippen MR) is 104 cm³/mol. The third-order valence-electron chi connectivity index (χ3n) is 4.76. The quantitative estimate of drug-likeness (QED) is 0.868. The van der Waals surface area contributed by atoms with E-state index in [0.717, 1.165) is 34.5 Å². The van der Waals surface area contributed by atoms with Crippen LogP contribution < -0.4 is 10.6 Å². The van der Waals surface area contributed by atoms with E-state index in [2.05, 4.69) is 10.6 Å². The highest BCUT2D eigenvalue weighted by molar-refractivity contribution is 6.00. The van der Waals surface area contributed by atoms with Gasteiger partial charge in [-0.3, -0.25) is 4.79 Å². The van der Waals surface area contributed by atoms with E-state index in [1.54, 1.807) is 4.90 Å². The highest BCUT2D eigenvalue weighted by atomic mass is 16.2. The van der Waals surface area contributed by atoms with E-state index in [9.17, 15) is 9.59 Å². The average molecular weight is 351 g/mol. The third-order valence-corrected chi connectivity index (χ3v) is 4.76. The molecule has 1 aliphatic rings. The summed E-state index contributed by atoms with van der Waals surface area (Å²) in [5.74, 6) is -0.131. The summed E-state index contributed by atoms with van der Waals surface area (Å²) in [7, 11) is 0. The molecular formula is C21H25N3O2. The number of hydrogen-bond acceptors (Lipinski definition) is 2. The normalized spacial score (nSPS) is 16.4. The first-order chi connectivity index (χ1) is 12.4. The zero-order valence-electron chi connectivity index (χ0n) is 15.5. The second kappa shape index (κ2) is 7.60. The molecule has 136 valence electrons. The van der Waals surface area contributed by atoms with Crippen LogP contribution in [0.5, 0.6) is 0 Å². The van der Waals surface area contributed by atoms with Crippen LogP contribution in [0.3, 0.4) is 0 Å². The van der Waals surface area contributed by atoms with Gasteiger partial charge in [-0.25, -0.2) is 4.79 Å². The number of rotatable bonds is 3. The third kappa shape index (κ3) is 4.04. The molecule has 1 atom stereocenters. The number of benzene rings is 2. The molecule has 3 rings (SSSR count). The van der Waals surface area contributed by atoms with E-state index < -0.39 is 6.04 Å². The van der Waals surface area contributed by atoms with Crippen molar-refractivity contribution in [2.75, 3.05) is 17.2 Å². The van der Waals surface area contributed by atoms with Crippen LogP contribution in [0.15, 0.2) is 42.5 Å². The molecule has 3 amide bonds. The molecule has 0 spiro atoms. The summed E-state index contributed by atoms with van der Waals surface area (Å²) in [5, 5.41) is 5.86. The number of carbonyl (C=O) groups is 2. The van der Waals surface area contributed by atoms with E-state index in [1.807, 2.05) is 63.2 Å². The molecule has 1 heterocycles. The van der Waals surface area contributed by atoms with Crippen molar-refractivity contribution in [1.29, 1.82) is 0 Å². The molecule has 0 aliphatic carbocycles. The number of urea groups is 1. The predicted octanol–water partition coefficient (Wildman–Crippen LogP) is 4.25. The van der Waals surface area contributed by atoms with Gasteiger partial charge >= 0.3 is 6.03 Å². The van der Waals surface area contributed by atoms with Gasteiger partial charge in [-0.15, -0.1) is 0 Å². The Kier molecular flexibility index (Phi) is 5.26. The van der Waals surface area contributed by atoms with Gasteiger partial charge in [0.25, 0.3) is 0 Å². The Labute approximate surface area is 154 Å². The highest BCUT2D eigenvalue weighted by Crippen LogP contribution is 2.22. The lowest BCUT2D eigenvalue weighted by Crippen LogP contribution is -2.45. The Balaban J connectivity index is 1.67. The Morgan fingerprint density at radius 1 is 0.962 bits per heavy atom. The minimum absolute atomic E-state index is 0.131. The fourth-order valence-electron chi connectivity index (χ4n) is 3.28. The number of nitrogens with zero attached hydrogens (tertiary/aromatic N) is 1. The van der Waals surface area contributed by atoms with Crippen LogP contribution in [0.2, 0.25) is 0 Å². The van der Waals surface area contributed by atoms with Crippen LogP contribution in [0, 0.1) is 20.8 Å². The van der Waals surface area contributed by atoms with E-state index in [-0.39, 0.29) is 11.9 Å². The summed E-state index contributed by atoms with van der Waals surface area (Å²) in [6.07, 6.45) is 1.50. The molecule has 5 nitrogen and oxygen atoms in total. The van der Waals surface area contributed by atoms with Crippen molar-refractivity contribution >= 4 is 23.3 Å². The summed E-state index contributed by atoms with van der Waals surface area (Å²) in [6.45, 7) is 6.58. The fourth-order valence-corrected chi connectivity index (χ4v) is 3.28. The van der Waals surface area contributed by atoms with Gasteiger partial charge in [0.15, 0.2) is 0 Å². The molecule has 1 fully saturated rings. The van der Waals surface area contributed by atoms with Gasteiger partial charge in [0.05, 0.1) is 0 Å². The van der Waals surface area contributed by atoms with Crippen molar-refractivity contribution in [2.24, 2.45) is 0 Å². The zero-order valence-corrected chi connectivity index (χ0v) is 15.5. The van der Waals surface area contributed by atoms with Crippen molar-refractivity contribution in [3.63, 3.8) is 0 Å². The van der Waals surface area contributed by atoms with Crippen molar-refractivity contribution in [3.05, 3.63) is 59.2 Å². The first-order valence-electron chi connectivity index (χ1n) is 8.96. The monoisotopic (exact) mass is 351 g/mol. The van der Waals surface area contributed by atoms with Crippen LogP contribution in [0.4, 0.5) is 16.2 Å². The Morgan fingerprint density at radius 3 is 2.35 bits per heavy atom. The maximum Gasteiger partial charge on any atom is 0.322 e. The van der Waals surface area contributed by atoms with Gasteiger partial charge in [0.1, 0.15) is 6.04 Å². The molecule has 26 heavy (non-hydrogen) atoms. The Hall–Kier alpha value is -2.82. The largest absolute Gasteiger partial charge is 0.324 e. The number of aryl methyl sites for hydroxylation is 3. The summed E-state index contributed by atoms with van der Waals surface area (Å²) in [4.78, 5) is 27.0. The number of likely N-dealkylation sites (tertiary alicyclic amines) is 1. The molecule has 2 N–H and O–H groups in total. The fraction of sp³-hybridized carbons (Fsp3) is 0.333. The lowest BCUT2D eigenvalue weighted by atomic mass is 10.1. The maximum atomic E-state index is 12.7. The lowest BCUT2D eigenvalue weighted by molar-refractivity contribution is -0.119. The smallest absolute Gasteiger partial charge is 0.322 e. The van der Waals surface area contributed by atoms with Crippen LogP contribution in [0.25, 0.3) is 0 Å². The number of nitrogens with one attached hydrogen (secondary N) is 2. The van der Waals surface area contributed by atoms with Crippen molar-refractivity contribution in [1.82, 2.24) is 4.90 Å². The van der Waals surface area contributed by atoms with Gasteiger partial charge in [0, 0.05) is 17.9 Å². The van der Waals surface area contributed by atoms with Gasteiger partial charge in [0.2, 0.25) is 5.91 Å². The zero-order chi connectivity index (χ0) is 18.7. The summed E-state index contributed by atoms with van der Waals surface area (Å²) in [5.41, 5.74) is 4.84. The van der Waals surface area contributed by atoms with Gasteiger partial charge < -0.3 is 15.5 Å². The molecule has 1 unspecified atom stereocenters. The van der Waals surface area contributed by atoms with Gasteiger partial charge in [-0.1, -0.05) is 35.4 Å². The number of amides is 3. The van der Waals surface area contributed by atoms with E-state index in [0.29, 0.717) is 13.0 Å². The summed E-state index contributed by atoms with van der Waals surface area (Å²) < 4.78 is 0. The van der Waals surface area contributed by atoms with Crippen LogP contribution in [-0.4, -0.2) is 29.4 Å². The standard InChI is InChI=1S/C21H25N3O2/c1-14-6-9-17(10-7-14)22-21(26)24-12-4-5-19(24)20(25)23-18-11-8-15(2)13-16(18)3/h6-11,13,19H,4-5,12H2,1-3H3,(H,22,26)(H,23,25). The average Bonchev–Trinajstić information content (AvgIpc) is 3.09. The van der Waals surface area contributed by atoms with E-state index >= 15 is 0 Å². The maximum absolute atomic E-state index is 12.7. The molecular weight excluding hydrogens is 326 g/mol. The molecule has 1 aliphatic heterocycles. The minimum Gasteiger partial charge on any atom is -0.324 e. The first kappa shape index (κ1) is 18.0. The molecule has 2 aromatic rings. The molecule has 2 aromatic carbocycles. The molecule has 0 saturated carbocycles. The van der Waals surface area contributed by atoms with Crippen LogP contribution in [0.1, 0.15) is 29.5 Å². The first-order valence-corrected chi connectivity index (χ1v) is 8.96. The van der Waals surface area contributed by atoms with Crippen molar-refractivity contribution < 1.29 is 9.59 Å². The highest BCUT2D eigenvalue weighted by Gasteiger charge is 2.34. The van der Waals surface area contributed by atoms with Gasteiger partial charge in [-0.2, -0.15) is 0 Å². The molecule has 0 bridgehead atoms. The summed E-state index contributed by atoms with van der Waals surface area (Å²) >= 11 is 0. The second-order valence-corrected chi connectivity index (χ2v) is 6.96. The number of anilines is 2. The second-order valence-electron chi connectivity index (χ2n) is 6.96. The molecule has 0 radical (unpaired) electrons. The molecule has 0 aromatic heterocycles. The van der Waals surface area contributed by atoms with Crippen LogP contribution in [-0.2, 0) is 4.79 Å². The number of carbonyl (C=O) groups excluding carboxylic acids is 2. The van der Waals surface area contributed by atoms with Crippen molar-refractivity contribution in [3.8, 4) is 0 Å². The van der Waals surface area contributed by atoms with Gasteiger partial charge in [-0.05, 0) is 57.4 Å². The lowest BCUT2D eigenvalue weighted by Gasteiger charge is -2.24. The Bertz CT molecular complexity index is 815. The van der Waals surface area contributed by atoms with Crippen LogP contribution >= 0.6 is 0 Å². The van der Waals surface area contributed by atoms with Crippen molar-refractivity contribution in [2.45, 2.75) is 39.7 Å². The SMILES string of the molecule is Cc1ccc(NC(=O)N2CCCC2C(=O)Nc2ccc(C)cc2C)cc1.